The van der Waals surface area contributed by atoms with Crippen LogP contribution in [-0.2, 0) is 0 Å². The number of aryl methyl sites for hydroxylation is 1. The average Bonchev–Trinajstić information content (AvgIpc) is 2.37. The molecule has 0 aliphatic heterocycles. The molecule has 0 saturated heterocycles. The van der Waals surface area contributed by atoms with Gasteiger partial charge in [0.1, 0.15) is 4.99 Å². The van der Waals surface area contributed by atoms with Gasteiger partial charge in [0, 0.05) is 27.3 Å². The maximum absolute atomic E-state index is 6.23. The lowest BCUT2D eigenvalue weighted by Gasteiger charge is -2.18. The molecule has 2 nitrogen and oxygen atoms in total. The van der Waals surface area contributed by atoms with Crippen molar-refractivity contribution in [2.24, 2.45) is 5.73 Å². The summed E-state index contributed by atoms with van der Waals surface area (Å²) in [6.45, 7) is 4.03. The maximum atomic E-state index is 6.23. The fraction of sp³-hybridized carbons (Fsp3) is 0.188. The summed E-state index contributed by atoms with van der Waals surface area (Å²) in [6, 6.07) is 11.5. The third-order valence-electron chi connectivity index (χ3n) is 3.30. The summed E-state index contributed by atoms with van der Waals surface area (Å²) in [5.41, 5.74) is 9.60. The second-order valence-corrected chi connectivity index (χ2v) is 6.21. The molecule has 0 aliphatic rings. The zero-order valence-corrected chi connectivity index (χ0v) is 14.1. The summed E-state index contributed by atoms with van der Waals surface area (Å²) in [5.74, 6) is 0. The summed E-state index contributed by atoms with van der Waals surface area (Å²) >= 11 is 17.2. The minimum atomic E-state index is 0.0600. The molecule has 2 rings (SSSR count). The van der Waals surface area contributed by atoms with Gasteiger partial charge in [0.2, 0.25) is 0 Å². The van der Waals surface area contributed by atoms with E-state index in [0.717, 1.165) is 22.4 Å². The summed E-state index contributed by atoms with van der Waals surface area (Å²) in [7, 11) is 0. The summed E-state index contributed by atoms with van der Waals surface area (Å²) < 4.78 is 0. The van der Waals surface area contributed by atoms with Gasteiger partial charge >= 0.3 is 0 Å². The Bertz CT molecular complexity index is 686. The molecule has 5 heteroatoms. The molecule has 0 heterocycles. The van der Waals surface area contributed by atoms with E-state index in [-0.39, 0.29) is 6.04 Å². The Balaban J connectivity index is 2.21. The highest BCUT2D eigenvalue weighted by atomic mass is 35.5. The molecule has 21 heavy (non-hydrogen) atoms. The van der Waals surface area contributed by atoms with Gasteiger partial charge in [0.25, 0.3) is 0 Å². The van der Waals surface area contributed by atoms with Gasteiger partial charge in [-0.1, -0.05) is 41.5 Å². The van der Waals surface area contributed by atoms with Crippen molar-refractivity contribution >= 4 is 46.1 Å². The van der Waals surface area contributed by atoms with Crippen LogP contribution in [0.1, 0.15) is 29.7 Å². The Morgan fingerprint density at radius 1 is 1.19 bits per heavy atom. The zero-order chi connectivity index (χ0) is 15.6. The number of halogens is 2. The van der Waals surface area contributed by atoms with Crippen molar-refractivity contribution < 1.29 is 0 Å². The Labute approximate surface area is 140 Å². The molecule has 0 aliphatic carbocycles. The fourth-order valence-electron chi connectivity index (χ4n) is 2.21. The average molecular weight is 339 g/mol. The number of benzene rings is 2. The van der Waals surface area contributed by atoms with Crippen molar-refractivity contribution in [2.75, 3.05) is 5.32 Å². The second kappa shape index (κ2) is 6.65. The number of nitrogens with one attached hydrogen (secondary N) is 1. The Morgan fingerprint density at radius 2 is 1.90 bits per heavy atom. The predicted molar refractivity (Wildman–Crippen MR) is 95.6 cm³/mol. The Kier molecular flexibility index (Phi) is 5.09. The van der Waals surface area contributed by atoms with Gasteiger partial charge in [-0.05, 0) is 55.3 Å². The van der Waals surface area contributed by atoms with Crippen LogP contribution >= 0.6 is 35.4 Å². The molecule has 0 fully saturated rings. The van der Waals surface area contributed by atoms with E-state index >= 15 is 0 Å². The number of hydrogen-bond donors (Lipinski definition) is 2. The third-order valence-corrected chi connectivity index (χ3v) is 4.09. The fourth-order valence-corrected chi connectivity index (χ4v) is 3.01. The second-order valence-electron chi connectivity index (χ2n) is 4.93. The zero-order valence-electron chi connectivity index (χ0n) is 11.8. The molecule has 1 atom stereocenters. The molecule has 0 aromatic heterocycles. The molecule has 1 unspecified atom stereocenters. The summed E-state index contributed by atoms with van der Waals surface area (Å²) in [4.78, 5) is 0.410. The highest BCUT2D eigenvalue weighted by Crippen LogP contribution is 2.29. The van der Waals surface area contributed by atoms with E-state index in [1.54, 1.807) is 6.07 Å². The van der Waals surface area contributed by atoms with Crippen molar-refractivity contribution in [3.8, 4) is 0 Å². The number of nitrogens with two attached hydrogens (primary N) is 1. The molecular formula is C16H16Cl2N2S. The quantitative estimate of drug-likeness (QED) is 0.760. The van der Waals surface area contributed by atoms with Crippen LogP contribution in [-0.4, -0.2) is 4.99 Å². The minimum Gasteiger partial charge on any atom is -0.389 e. The first-order valence-electron chi connectivity index (χ1n) is 6.50. The minimum absolute atomic E-state index is 0.0600. The number of hydrogen-bond acceptors (Lipinski definition) is 2. The van der Waals surface area contributed by atoms with Crippen molar-refractivity contribution in [1.82, 2.24) is 0 Å². The lowest BCUT2D eigenvalue weighted by molar-refractivity contribution is 0.885. The van der Waals surface area contributed by atoms with E-state index in [0.29, 0.717) is 15.0 Å². The van der Waals surface area contributed by atoms with Gasteiger partial charge in [-0.2, -0.15) is 0 Å². The Morgan fingerprint density at radius 3 is 2.48 bits per heavy atom. The van der Waals surface area contributed by atoms with Gasteiger partial charge in [-0.3, -0.25) is 0 Å². The normalized spacial score (nSPS) is 12.0. The van der Waals surface area contributed by atoms with E-state index in [2.05, 4.69) is 5.32 Å². The lowest BCUT2D eigenvalue weighted by Crippen LogP contribution is -2.12. The Hall–Kier alpha value is -1.29. The summed E-state index contributed by atoms with van der Waals surface area (Å²) in [5, 5.41) is 4.70. The van der Waals surface area contributed by atoms with Crippen LogP contribution < -0.4 is 11.1 Å². The van der Waals surface area contributed by atoms with Crippen LogP contribution in [0, 0.1) is 6.92 Å². The van der Waals surface area contributed by atoms with Gasteiger partial charge in [-0.15, -0.1) is 0 Å². The topological polar surface area (TPSA) is 38.0 Å². The highest BCUT2D eigenvalue weighted by Gasteiger charge is 2.11. The molecule has 3 N–H and O–H groups in total. The van der Waals surface area contributed by atoms with Crippen molar-refractivity contribution in [1.29, 1.82) is 0 Å². The van der Waals surface area contributed by atoms with Crippen molar-refractivity contribution in [3.63, 3.8) is 0 Å². The van der Waals surface area contributed by atoms with Crippen molar-refractivity contribution in [2.45, 2.75) is 19.9 Å². The van der Waals surface area contributed by atoms with E-state index in [9.17, 15) is 0 Å². The summed E-state index contributed by atoms with van der Waals surface area (Å²) in [6.07, 6.45) is 0. The first-order valence-corrected chi connectivity index (χ1v) is 7.67. The van der Waals surface area contributed by atoms with Crippen LogP contribution in [0.4, 0.5) is 5.69 Å². The van der Waals surface area contributed by atoms with E-state index in [1.807, 2.05) is 44.2 Å². The molecule has 0 saturated carbocycles. The van der Waals surface area contributed by atoms with Gasteiger partial charge in [0.05, 0.1) is 0 Å². The molecule has 2 aromatic carbocycles. The molecular weight excluding hydrogens is 323 g/mol. The number of anilines is 1. The first-order chi connectivity index (χ1) is 9.88. The lowest BCUT2D eigenvalue weighted by atomic mass is 10.1. The van der Waals surface area contributed by atoms with E-state index < -0.39 is 0 Å². The van der Waals surface area contributed by atoms with Gasteiger partial charge in [-0.25, -0.2) is 0 Å². The van der Waals surface area contributed by atoms with Crippen molar-refractivity contribution in [3.05, 3.63) is 63.1 Å². The number of thiocarbonyl (C=S) groups is 1. The van der Waals surface area contributed by atoms with Crippen LogP contribution in [0.3, 0.4) is 0 Å². The van der Waals surface area contributed by atoms with E-state index in [1.165, 1.54) is 0 Å². The van der Waals surface area contributed by atoms with Crippen LogP contribution in [0.25, 0.3) is 0 Å². The van der Waals surface area contributed by atoms with Crippen LogP contribution in [0.15, 0.2) is 36.4 Å². The third kappa shape index (κ3) is 3.88. The number of rotatable bonds is 4. The molecule has 110 valence electrons. The van der Waals surface area contributed by atoms with Gasteiger partial charge in [0.15, 0.2) is 0 Å². The maximum Gasteiger partial charge on any atom is 0.104 e. The van der Waals surface area contributed by atoms with Crippen LogP contribution in [0.5, 0.6) is 0 Å². The SMILES string of the molecule is Cc1cc(NC(C)c2ccc(Cl)cc2Cl)ccc1C(N)=S. The van der Waals surface area contributed by atoms with Gasteiger partial charge < -0.3 is 11.1 Å². The molecule has 0 radical (unpaired) electrons. The van der Waals surface area contributed by atoms with Crippen LogP contribution in [0.2, 0.25) is 10.0 Å². The van der Waals surface area contributed by atoms with E-state index in [4.69, 9.17) is 41.2 Å². The molecule has 0 spiro atoms. The standard InChI is InChI=1S/C16H16Cl2N2S/c1-9-7-12(4-6-13(9)16(19)21)20-10(2)14-5-3-11(17)8-15(14)18/h3-8,10,20H,1-2H3,(H2,19,21). The monoisotopic (exact) mass is 338 g/mol. The largest absolute Gasteiger partial charge is 0.389 e. The molecule has 0 amide bonds. The smallest absolute Gasteiger partial charge is 0.104 e. The molecule has 2 aromatic rings. The highest BCUT2D eigenvalue weighted by molar-refractivity contribution is 7.80. The molecule has 0 bridgehead atoms. The first kappa shape index (κ1) is 16.1. The predicted octanol–water partition coefficient (Wildman–Crippen LogP) is 5.11.